The van der Waals surface area contributed by atoms with Gasteiger partial charge in [0.15, 0.2) is 0 Å². The molecule has 0 aromatic heterocycles. The zero-order valence-corrected chi connectivity index (χ0v) is 14.3. The fraction of sp³-hybridized carbons (Fsp3) is 0.714. The molecule has 0 N–H and O–H groups in total. The van der Waals surface area contributed by atoms with E-state index in [9.17, 15) is 4.39 Å². The Kier molecular flexibility index (Phi) is 5.21. The van der Waals surface area contributed by atoms with Crippen molar-refractivity contribution in [3.8, 4) is 0 Å². The van der Waals surface area contributed by atoms with Crippen molar-refractivity contribution in [1.29, 1.82) is 0 Å². The average molecular weight is 302 g/mol. The fourth-order valence-electron chi connectivity index (χ4n) is 4.85. The van der Waals surface area contributed by atoms with E-state index < -0.39 is 0 Å². The fourth-order valence-corrected chi connectivity index (χ4v) is 4.85. The molecule has 122 valence electrons. The number of aryl methyl sites for hydroxylation is 1. The van der Waals surface area contributed by atoms with E-state index in [1.165, 1.54) is 63.4 Å². The lowest BCUT2D eigenvalue weighted by Crippen LogP contribution is -2.25. The van der Waals surface area contributed by atoms with Crippen LogP contribution in [0.1, 0.15) is 81.8 Å². The topological polar surface area (TPSA) is 0 Å². The van der Waals surface area contributed by atoms with E-state index in [-0.39, 0.29) is 5.82 Å². The Balaban J connectivity index is 1.53. The molecule has 0 radical (unpaired) electrons. The lowest BCUT2D eigenvalue weighted by molar-refractivity contribution is 0.158. The first-order valence-electron chi connectivity index (χ1n) is 9.43. The van der Waals surface area contributed by atoms with Gasteiger partial charge in [-0.1, -0.05) is 38.3 Å². The number of rotatable bonds is 3. The Hall–Kier alpha value is -0.850. The lowest BCUT2D eigenvalue weighted by atomic mass is 9.68. The highest BCUT2D eigenvalue weighted by Gasteiger charge is 2.30. The van der Waals surface area contributed by atoms with Crippen molar-refractivity contribution in [2.75, 3.05) is 0 Å². The predicted molar refractivity (Wildman–Crippen MR) is 91.6 cm³/mol. The van der Waals surface area contributed by atoms with Gasteiger partial charge in [0.05, 0.1) is 0 Å². The summed E-state index contributed by atoms with van der Waals surface area (Å²) in [4.78, 5) is 0. The summed E-state index contributed by atoms with van der Waals surface area (Å²) in [6.07, 6.45) is 12.5. The zero-order valence-electron chi connectivity index (χ0n) is 14.3. The molecule has 2 aliphatic rings. The van der Waals surface area contributed by atoms with Crippen molar-refractivity contribution in [1.82, 2.24) is 0 Å². The summed E-state index contributed by atoms with van der Waals surface area (Å²) >= 11 is 0. The quantitative estimate of drug-likeness (QED) is 0.588. The summed E-state index contributed by atoms with van der Waals surface area (Å²) < 4.78 is 13.8. The average Bonchev–Trinajstić information content (AvgIpc) is 2.58. The van der Waals surface area contributed by atoms with Crippen molar-refractivity contribution in [2.24, 2.45) is 17.8 Å². The predicted octanol–water partition coefficient (Wildman–Crippen LogP) is 6.62. The molecule has 1 aromatic rings. The van der Waals surface area contributed by atoms with Gasteiger partial charge in [0, 0.05) is 0 Å². The summed E-state index contributed by atoms with van der Waals surface area (Å²) in [5.41, 5.74) is 2.00. The van der Waals surface area contributed by atoms with Gasteiger partial charge >= 0.3 is 0 Å². The van der Waals surface area contributed by atoms with Crippen LogP contribution in [0.4, 0.5) is 4.39 Å². The molecule has 0 atom stereocenters. The van der Waals surface area contributed by atoms with E-state index in [1.807, 2.05) is 13.0 Å². The van der Waals surface area contributed by atoms with Crippen molar-refractivity contribution < 1.29 is 4.39 Å². The van der Waals surface area contributed by atoms with E-state index in [4.69, 9.17) is 0 Å². The highest BCUT2D eigenvalue weighted by molar-refractivity contribution is 5.26. The van der Waals surface area contributed by atoms with Crippen LogP contribution in [0.5, 0.6) is 0 Å². The highest BCUT2D eigenvalue weighted by atomic mass is 19.1. The van der Waals surface area contributed by atoms with Crippen LogP contribution >= 0.6 is 0 Å². The molecular formula is C21H31F. The van der Waals surface area contributed by atoms with E-state index in [1.54, 1.807) is 6.07 Å². The molecule has 1 aromatic carbocycles. The van der Waals surface area contributed by atoms with E-state index in [0.29, 0.717) is 5.92 Å². The number of benzene rings is 1. The van der Waals surface area contributed by atoms with Crippen LogP contribution in [-0.2, 0) is 0 Å². The first-order chi connectivity index (χ1) is 10.7. The van der Waals surface area contributed by atoms with Gasteiger partial charge in [-0.15, -0.1) is 0 Å². The van der Waals surface area contributed by atoms with Crippen LogP contribution in [0.15, 0.2) is 18.2 Å². The van der Waals surface area contributed by atoms with Gasteiger partial charge in [-0.25, -0.2) is 4.39 Å². The molecule has 0 bridgehead atoms. The van der Waals surface area contributed by atoms with Gasteiger partial charge in [-0.2, -0.15) is 0 Å². The summed E-state index contributed by atoms with van der Waals surface area (Å²) in [6.45, 7) is 4.19. The zero-order chi connectivity index (χ0) is 15.5. The molecule has 0 spiro atoms. The van der Waals surface area contributed by atoms with Crippen LogP contribution < -0.4 is 0 Å². The third kappa shape index (κ3) is 3.55. The van der Waals surface area contributed by atoms with Crippen LogP contribution in [0, 0.1) is 30.5 Å². The minimum Gasteiger partial charge on any atom is -0.207 e. The van der Waals surface area contributed by atoms with Crippen molar-refractivity contribution in [3.05, 3.63) is 35.1 Å². The third-order valence-electron chi connectivity index (χ3n) is 6.57. The van der Waals surface area contributed by atoms with Crippen molar-refractivity contribution in [2.45, 2.75) is 77.6 Å². The molecule has 0 nitrogen and oxygen atoms in total. The Morgan fingerprint density at radius 1 is 0.909 bits per heavy atom. The number of halogens is 1. The second-order valence-electron chi connectivity index (χ2n) is 7.81. The molecule has 0 unspecified atom stereocenters. The monoisotopic (exact) mass is 302 g/mol. The second kappa shape index (κ2) is 7.15. The van der Waals surface area contributed by atoms with Crippen LogP contribution in [0.3, 0.4) is 0 Å². The third-order valence-corrected chi connectivity index (χ3v) is 6.57. The van der Waals surface area contributed by atoms with Crippen LogP contribution in [-0.4, -0.2) is 0 Å². The molecule has 22 heavy (non-hydrogen) atoms. The normalized spacial score (nSPS) is 32.9. The van der Waals surface area contributed by atoms with Gasteiger partial charge in [0.1, 0.15) is 5.82 Å². The lowest BCUT2D eigenvalue weighted by Gasteiger charge is -2.38. The molecule has 0 amide bonds. The summed E-state index contributed by atoms with van der Waals surface area (Å²) in [5.74, 6) is 3.50. The van der Waals surface area contributed by atoms with Gasteiger partial charge in [0.25, 0.3) is 0 Å². The molecule has 1 heteroatoms. The van der Waals surface area contributed by atoms with Crippen molar-refractivity contribution >= 4 is 0 Å². The van der Waals surface area contributed by atoms with Crippen LogP contribution in [0.25, 0.3) is 0 Å². The van der Waals surface area contributed by atoms with Gasteiger partial charge in [-0.3, -0.25) is 0 Å². The maximum Gasteiger partial charge on any atom is 0.126 e. The Morgan fingerprint density at radius 3 is 2.05 bits per heavy atom. The molecule has 0 aliphatic heterocycles. The van der Waals surface area contributed by atoms with E-state index in [2.05, 4.69) is 13.0 Å². The molecule has 2 aliphatic carbocycles. The van der Waals surface area contributed by atoms with Gasteiger partial charge in [0.2, 0.25) is 0 Å². The molecule has 0 saturated heterocycles. The SMILES string of the molecule is CCC1CCC(C2CCC(c3ccc(C)c(F)c3)CC2)CC1. The molecule has 2 saturated carbocycles. The largest absolute Gasteiger partial charge is 0.207 e. The summed E-state index contributed by atoms with van der Waals surface area (Å²) in [7, 11) is 0. The van der Waals surface area contributed by atoms with E-state index >= 15 is 0 Å². The molecule has 0 heterocycles. The summed E-state index contributed by atoms with van der Waals surface area (Å²) in [6, 6.07) is 5.88. The first kappa shape index (κ1) is 16.0. The maximum atomic E-state index is 13.8. The summed E-state index contributed by atoms with van der Waals surface area (Å²) in [5, 5.41) is 0. The number of hydrogen-bond acceptors (Lipinski definition) is 0. The minimum absolute atomic E-state index is 0.0301. The Morgan fingerprint density at radius 2 is 1.50 bits per heavy atom. The minimum atomic E-state index is -0.0301. The second-order valence-corrected chi connectivity index (χ2v) is 7.81. The van der Waals surface area contributed by atoms with Crippen LogP contribution in [0.2, 0.25) is 0 Å². The van der Waals surface area contributed by atoms with Gasteiger partial charge < -0.3 is 0 Å². The molecule has 2 fully saturated rings. The van der Waals surface area contributed by atoms with Crippen molar-refractivity contribution in [3.63, 3.8) is 0 Å². The first-order valence-corrected chi connectivity index (χ1v) is 9.43. The smallest absolute Gasteiger partial charge is 0.126 e. The molecule has 3 rings (SSSR count). The van der Waals surface area contributed by atoms with E-state index in [0.717, 1.165) is 23.3 Å². The maximum absolute atomic E-state index is 13.8. The highest BCUT2D eigenvalue weighted by Crippen LogP contribution is 2.44. The number of hydrogen-bond donors (Lipinski definition) is 0. The standard InChI is InChI=1S/C21H31F/c1-3-16-5-8-17(9-6-16)18-10-12-19(13-11-18)20-7-4-15(2)21(22)14-20/h4,7,14,16-19H,3,5-6,8-13H2,1-2H3. The van der Waals surface area contributed by atoms with Gasteiger partial charge in [-0.05, 0) is 86.3 Å². The Labute approximate surface area is 135 Å². The molecular weight excluding hydrogens is 271 g/mol. The Bertz CT molecular complexity index is 477.